The molecule has 1 aromatic heterocycles. The molecule has 0 fully saturated rings. The summed E-state index contributed by atoms with van der Waals surface area (Å²) in [6.07, 6.45) is 12.7. The smallest absolute Gasteiger partial charge is 0.203 e. The van der Waals surface area contributed by atoms with Gasteiger partial charge in [-0.2, -0.15) is 0 Å². The largest absolute Gasteiger partial charge is 0.493 e. The fraction of sp³-hybridized carbons (Fsp3) is 0.360. The third-order valence-electron chi connectivity index (χ3n) is 5.01. The number of unbranched alkanes of at least 4 members (excludes halogenated alkanes) is 1. The zero-order valence-electron chi connectivity index (χ0n) is 18.3. The molecular weight excluding hydrogens is 380 g/mol. The molecule has 5 heteroatoms. The minimum absolute atomic E-state index is 0.433. The first-order chi connectivity index (χ1) is 14.5. The first-order valence-corrected chi connectivity index (χ1v) is 10.00. The van der Waals surface area contributed by atoms with Crippen molar-refractivity contribution in [3.05, 3.63) is 78.3 Å². The predicted octanol–water partition coefficient (Wildman–Crippen LogP) is 5.79. The van der Waals surface area contributed by atoms with Crippen LogP contribution in [0.5, 0.6) is 17.2 Å². The van der Waals surface area contributed by atoms with Gasteiger partial charge in [-0.25, -0.2) is 0 Å². The van der Waals surface area contributed by atoms with E-state index in [1.807, 2.05) is 12.2 Å². The molecule has 1 aromatic carbocycles. The van der Waals surface area contributed by atoms with Gasteiger partial charge in [-0.1, -0.05) is 29.9 Å². The number of hydrogen-bond acceptors (Lipinski definition) is 5. The summed E-state index contributed by atoms with van der Waals surface area (Å²) >= 11 is 0. The number of aliphatic hydroxyl groups is 1. The van der Waals surface area contributed by atoms with E-state index < -0.39 is 5.60 Å². The van der Waals surface area contributed by atoms with Crippen molar-refractivity contribution in [2.75, 3.05) is 21.3 Å². The highest BCUT2D eigenvalue weighted by atomic mass is 16.5. The molecule has 0 saturated carbocycles. The number of benzene rings is 1. The Morgan fingerprint density at radius 3 is 2.37 bits per heavy atom. The lowest BCUT2D eigenvalue weighted by Crippen LogP contribution is -2.27. The molecule has 0 amide bonds. The van der Waals surface area contributed by atoms with E-state index in [0.717, 1.165) is 18.4 Å². The van der Waals surface area contributed by atoms with Gasteiger partial charge in [0.05, 0.1) is 27.6 Å². The maximum Gasteiger partial charge on any atom is 0.203 e. The van der Waals surface area contributed by atoms with Gasteiger partial charge < -0.3 is 23.7 Å². The molecule has 162 valence electrons. The molecule has 5 nitrogen and oxygen atoms in total. The molecule has 1 heterocycles. The second kappa shape index (κ2) is 11.3. The summed E-state index contributed by atoms with van der Waals surface area (Å²) in [5, 5.41) is 11.7. The van der Waals surface area contributed by atoms with E-state index in [1.54, 1.807) is 51.9 Å². The number of hydrogen-bond donors (Lipinski definition) is 1. The highest BCUT2D eigenvalue weighted by Gasteiger charge is 2.36. The van der Waals surface area contributed by atoms with Gasteiger partial charge in [-0.3, -0.25) is 0 Å². The summed E-state index contributed by atoms with van der Waals surface area (Å²) in [6.45, 7) is 5.78. The van der Waals surface area contributed by atoms with E-state index in [1.165, 1.54) is 0 Å². The van der Waals surface area contributed by atoms with Gasteiger partial charge >= 0.3 is 0 Å². The first-order valence-electron chi connectivity index (χ1n) is 10.00. The van der Waals surface area contributed by atoms with Crippen LogP contribution in [0.3, 0.4) is 0 Å². The van der Waals surface area contributed by atoms with Gasteiger partial charge in [0.2, 0.25) is 5.75 Å². The molecule has 2 rings (SSSR count). The Morgan fingerprint density at radius 1 is 1.13 bits per heavy atom. The van der Waals surface area contributed by atoms with Gasteiger partial charge in [0.1, 0.15) is 11.4 Å². The normalized spacial score (nSPS) is 13.8. The fourth-order valence-corrected chi connectivity index (χ4v) is 3.25. The third kappa shape index (κ3) is 5.57. The van der Waals surface area contributed by atoms with E-state index in [-0.39, 0.29) is 0 Å². The second-order valence-electron chi connectivity index (χ2n) is 7.06. The first kappa shape index (κ1) is 23.4. The minimum Gasteiger partial charge on any atom is -0.493 e. The molecule has 1 N–H and O–H groups in total. The van der Waals surface area contributed by atoms with Crippen molar-refractivity contribution in [3.63, 3.8) is 0 Å². The number of ether oxygens (including phenoxy) is 3. The van der Waals surface area contributed by atoms with Crippen molar-refractivity contribution in [2.24, 2.45) is 0 Å². The number of allylic oxidation sites excluding steroid dienone is 5. The molecule has 0 aliphatic heterocycles. The molecule has 2 aromatic rings. The zero-order valence-corrected chi connectivity index (χ0v) is 18.3. The van der Waals surface area contributed by atoms with Crippen LogP contribution in [0, 0.1) is 0 Å². The van der Waals surface area contributed by atoms with Crippen LogP contribution in [0.4, 0.5) is 0 Å². The standard InChI is InChI=1S/C25H32O5/c1-6-7-8-9-10-12-19(2)14-15-25(26,23-13-11-16-30-23)20-17-21(27-3)24(29-5)22(18-20)28-4/h6,9-13,16-18,26H,1,7-8,14-15H2,2-5H3/b10-9+,19-12+. The van der Waals surface area contributed by atoms with Crippen molar-refractivity contribution in [3.8, 4) is 17.2 Å². The lowest BCUT2D eigenvalue weighted by atomic mass is 9.85. The van der Waals surface area contributed by atoms with E-state index in [4.69, 9.17) is 18.6 Å². The van der Waals surface area contributed by atoms with E-state index in [2.05, 4.69) is 25.7 Å². The van der Waals surface area contributed by atoms with Crippen LogP contribution in [-0.2, 0) is 5.60 Å². The Morgan fingerprint density at radius 2 is 1.83 bits per heavy atom. The van der Waals surface area contributed by atoms with Crippen LogP contribution >= 0.6 is 0 Å². The topological polar surface area (TPSA) is 61.1 Å². The van der Waals surface area contributed by atoms with Crippen molar-refractivity contribution in [1.29, 1.82) is 0 Å². The van der Waals surface area contributed by atoms with Crippen molar-refractivity contribution in [2.45, 2.75) is 38.2 Å². The second-order valence-corrected chi connectivity index (χ2v) is 7.06. The molecule has 0 spiro atoms. The van der Waals surface area contributed by atoms with Gasteiger partial charge in [0, 0.05) is 0 Å². The average molecular weight is 413 g/mol. The van der Waals surface area contributed by atoms with Gasteiger partial charge in [0.25, 0.3) is 0 Å². The molecule has 0 bridgehead atoms. The highest BCUT2D eigenvalue weighted by Crippen LogP contribution is 2.44. The van der Waals surface area contributed by atoms with Crippen LogP contribution in [-0.4, -0.2) is 26.4 Å². The molecule has 1 atom stereocenters. The molecule has 0 aliphatic rings. The molecule has 0 aliphatic carbocycles. The Bertz CT molecular complexity index is 839. The summed E-state index contributed by atoms with van der Waals surface area (Å²) < 4.78 is 22.0. The van der Waals surface area contributed by atoms with Crippen molar-refractivity contribution in [1.82, 2.24) is 0 Å². The minimum atomic E-state index is -1.35. The van der Waals surface area contributed by atoms with Crippen LogP contribution < -0.4 is 14.2 Å². The van der Waals surface area contributed by atoms with Gasteiger partial charge in [-0.05, 0) is 62.4 Å². The van der Waals surface area contributed by atoms with Crippen LogP contribution in [0.15, 0.2) is 71.4 Å². The van der Waals surface area contributed by atoms with E-state index in [0.29, 0.717) is 41.4 Å². The van der Waals surface area contributed by atoms with Crippen LogP contribution in [0.1, 0.15) is 43.9 Å². The molecule has 30 heavy (non-hydrogen) atoms. The third-order valence-corrected chi connectivity index (χ3v) is 5.01. The van der Waals surface area contributed by atoms with Gasteiger partial charge in [-0.15, -0.1) is 6.58 Å². The quantitative estimate of drug-likeness (QED) is 0.272. The predicted molar refractivity (Wildman–Crippen MR) is 119 cm³/mol. The van der Waals surface area contributed by atoms with Crippen molar-refractivity contribution >= 4 is 0 Å². The zero-order chi connectivity index (χ0) is 22.0. The fourth-order valence-electron chi connectivity index (χ4n) is 3.25. The Labute approximate surface area is 179 Å². The maximum absolute atomic E-state index is 11.7. The average Bonchev–Trinajstić information content (AvgIpc) is 3.31. The number of furan rings is 1. The van der Waals surface area contributed by atoms with Crippen LogP contribution in [0.25, 0.3) is 0 Å². The Kier molecular flexibility index (Phi) is 8.81. The summed E-state index contributed by atoms with van der Waals surface area (Å²) in [6, 6.07) is 7.07. The van der Waals surface area contributed by atoms with Crippen molar-refractivity contribution < 1.29 is 23.7 Å². The lowest BCUT2D eigenvalue weighted by molar-refractivity contribution is 0.0474. The SMILES string of the molecule is C=CCC/C=C/C=C(\C)CCC(O)(c1cc(OC)c(OC)c(OC)c1)c1ccco1. The van der Waals surface area contributed by atoms with Gasteiger partial charge in [0.15, 0.2) is 11.5 Å². The summed E-state index contributed by atoms with van der Waals surface area (Å²) in [5.74, 6) is 1.90. The number of rotatable bonds is 12. The van der Waals surface area contributed by atoms with E-state index in [9.17, 15) is 5.11 Å². The lowest BCUT2D eigenvalue weighted by Gasteiger charge is -2.28. The van der Waals surface area contributed by atoms with Crippen LogP contribution in [0.2, 0.25) is 0 Å². The molecule has 1 unspecified atom stereocenters. The summed E-state index contributed by atoms with van der Waals surface area (Å²) in [4.78, 5) is 0. The highest BCUT2D eigenvalue weighted by molar-refractivity contribution is 5.56. The van der Waals surface area contributed by atoms with E-state index >= 15 is 0 Å². The monoisotopic (exact) mass is 412 g/mol. The molecule has 0 radical (unpaired) electrons. The summed E-state index contributed by atoms with van der Waals surface area (Å²) in [5.41, 5.74) is 0.418. The summed E-state index contributed by atoms with van der Waals surface area (Å²) in [7, 11) is 4.66. The molecule has 0 saturated heterocycles. The Balaban J connectivity index is 2.36. The number of methoxy groups -OCH3 is 3. The maximum atomic E-state index is 11.7. The Hall–Kier alpha value is -2.92. The molecular formula is C25H32O5.